The molecule has 1 fully saturated rings. The summed E-state index contributed by atoms with van der Waals surface area (Å²) in [5, 5.41) is 13.1. The summed E-state index contributed by atoms with van der Waals surface area (Å²) in [6, 6.07) is 2.74. The highest BCUT2D eigenvalue weighted by molar-refractivity contribution is 5.62. The number of methoxy groups -OCH3 is 1. The highest BCUT2D eigenvalue weighted by Crippen LogP contribution is 2.32. The molecule has 1 saturated carbocycles. The molecule has 0 atom stereocenters. The van der Waals surface area contributed by atoms with E-state index in [1.165, 1.54) is 19.2 Å². The molecular weight excluding hydrogens is 235 g/mol. The van der Waals surface area contributed by atoms with Gasteiger partial charge in [-0.1, -0.05) is 12.8 Å². The molecule has 0 bridgehead atoms. The predicted octanol–water partition coefficient (Wildman–Crippen LogP) is 2.13. The summed E-state index contributed by atoms with van der Waals surface area (Å²) in [4.78, 5) is 0. The fraction of sp³-hybridized carbons (Fsp3) is 0.538. The molecule has 1 aliphatic rings. The average Bonchev–Trinajstić information content (AvgIpc) is 2.76. The maximum Gasteiger partial charge on any atom is 0.148 e. The number of benzene rings is 1. The van der Waals surface area contributed by atoms with Crippen LogP contribution in [0, 0.1) is 5.82 Å². The zero-order chi connectivity index (χ0) is 13.2. The highest BCUT2D eigenvalue weighted by atomic mass is 19.1. The van der Waals surface area contributed by atoms with E-state index in [1.807, 2.05) is 0 Å². The van der Waals surface area contributed by atoms with Crippen molar-refractivity contribution in [1.29, 1.82) is 0 Å². The molecule has 5 heteroatoms. The van der Waals surface area contributed by atoms with Gasteiger partial charge in [0.05, 0.1) is 24.1 Å². The van der Waals surface area contributed by atoms with Gasteiger partial charge < -0.3 is 20.9 Å². The van der Waals surface area contributed by atoms with Crippen LogP contribution in [0.1, 0.15) is 25.7 Å². The molecule has 1 aromatic rings. The molecule has 4 N–H and O–H groups in total. The Kier molecular flexibility index (Phi) is 3.61. The number of anilines is 2. The number of rotatable bonds is 4. The lowest BCUT2D eigenvalue weighted by atomic mass is 10.0. The molecule has 18 heavy (non-hydrogen) atoms. The third-order valence-corrected chi connectivity index (χ3v) is 3.46. The van der Waals surface area contributed by atoms with Crippen LogP contribution in [-0.2, 0) is 0 Å². The minimum Gasteiger partial charge on any atom is -0.495 e. The number of hydrogen-bond donors (Lipinski definition) is 3. The van der Waals surface area contributed by atoms with Crippen molar-refractivity contribution in [1.82, 2.24) is 0 Å². The SMILES string of the molecule is COc1cc(NCC2(O)CCCC2)c(F)cc1N. The molecule has 0 saturated heterocycles. The van der Waals surface area contributed by atoms with Crippen LogP contribution in [0.4, 0.5) is 15.8 Å². The van der Waals surface area contributed by atoms with E-state index in [2.05, 4.69) is 5.32 Å². The van der Waals surface area contributed by atoms with E-state index >= 15 is 0 Å². The smallest absolute Gasteiger partial charge is 0.148 e. The minimum absolute atomic E-state index is 0.264. The Hall–Kier alpha value is -1.49. The van der Waals surface area contributed by atoms with Gasteiger partial charge in [0.2, 0.25) is 0 Å². The van der Waals surface area contributed by atoms with Gasteiger partial charge in [-0.25, -0.2) is 4.39 Å². The van der Waals surface area contributed by atoms with E-state index < -0.39 is 11.4 Å². The number of nitrogens with one attached hydrogen (secondary N) is 1. The molecule has 0 amide bonds. The third kappa shape index (κ3) is 2.67. The number of halogens is 1. The minimum atomic E-state index is -0.721. The molecule has 0 aromatic heterocycles. The number of hydrogen-bond acceptors (Lipinski definition) is 4. The van der Waals surface area contributed by atoms with E-state index in [1.54, 1.807) is 0 Å². The summed E-state index contributed by atoms with van der Waals surface area (Å²) >= 11 is 0. The van der Waals surface area contributed by atoms with Gasteiger partial charge in [-0.05, 0) is 12.8 Å². The van der Waals surface area contributed by atoms with Gasteiger partial charge in [-0.3, -0.25) is 0 Å². The predicted molar refractivity (Wildman–Crippen MR) is 69.3 cm³/mol. The van der Waals surface area contributed by atoms with Crippen molar-refractivity contribution in [2.24, 2.45) is 0 Å². The van der Waals surface area contributed by atoms with Crippen molar-refractivity contribution < 1.29 is 14.2 Å². The normalized spacial score (nSPS) is 17.7. The largest absolute Gasteiger partial charge is 0.495 e. The van der Waals surface area contributed by atoms with Gasteiger partial charge in [-0.2, -0.15) is 0 Å². The Morgan fingerprint density at radius 2 is 2.11 bits per heavy atom. The van der Waals surface area contributed by atoms with Crippen molar-refractivity contribution in [2.45, 2.75) is 31.3 Å². The van der Waals surface area contributed by atoms with Crippen molar-refractivity contribution in [3.8, 4) is 5.75 Å². The zero-order valence-electron chi connectivity index (χ0n) is 10.5. The molecular formula is C13H19FN2O2. The first-order valence-electron chi connectivity index (χ1n) is 6.13. The van der Waals surface area contributed by atoms with Crippen LogP contribution < -0.4 is 15.8 Å². The molecule has 2 rings (SSSR count). The van der Waals surface area contributed by atoms with Crippen LogP contribution in [-0.4, -0.2) is 24.4 Å². The van der Waals surface area contributed by atoms with Crippen LogP contribution in [0.5, 0.6) is 5.75 Å². The first-order valence-corrected chi connectivity index (χ1v) is 6.13. The number of nitrogens with two attached hydrogens (primary N) is 1. The van der Waals surface area contributed by atoms with Crippen LogP contribution >= 0.6 is 0 Å². The zero-order valence-corrected chi connectivity index (χ0v) is 10.5. The average molecular weight is 254 g/mol. The molecule has 0 aliphatic heterocycles. The fourth-order valence-electron chi connectivity index (χ4n) is 2.35. The lowest BCUT2D eigenvalue weighted by Crippen LogP contribution is -2.33. The van der Waals surface area contributed by atoms with Crippen molar-refractivity contribution in [2.75, 3.05) is 24.7 Å². The summed E-state index contributed by atoms with van der Waals surface area (Å²) in [6.07, 6.45) is 3.55. The molecule has 4 nitrogen and oxygen atoms in total. The first kappa shape index (κ1) is 13.0. The molecule has 0 unspecified atom stereocenters. The van der Waals surface area contributed by atoms with Crippen LogP contribution in [0.2, 0.25) is 0 Å². The molecule has 1 aliphatic carbocycles. The van der Waals surface area contributed by atoms with Crippen molar-refractivity contribution >= 4 is 11.4 Å². The van der Waals surface area contributed by atoms with Gasteiger partial charge in [0, 0.05) is 18.7 Å². The topological polar surface area (TPSA) is 67.5 Å². The summed E-state index contributed by atoms with van der Waals surface area (Å²) in [5.41, 5.74) is 5.45. The molecule has 100 valence electrons. The van der Waals surface area contributed by atoms with Crippen molar-refractivity contribution in [3.05, 3.63) is 17.9 Å². The maximum absolute atomic E-state index is 13.7. The Morgan fingerprint density at radius 1 is 1.44 bits per heavy atom. The monoisotopic (exact) mass is 254 g/mol. The van der Waals surface area contributed by atoms with E-state index in [4.69, 9.17) is 10.5 Å². The summed E-state index contributed by atoms with van der Waals surface area (Å²) in [6.45, 7) is 0.344. The maximum atomic E-state index is 13.7. The number of aliphatic hydroxyl groups is 1. The lowest BCUT2D eigenvalue weighted by molar-refractivity contribution is 0.0614. The highest BCUT2D eigenvalue weighted by Gasteiger charge is 2.30. The van der Waals surface area contributed by atoms with E-state index in [0.29, 0.717) is 18.0 Å². The second-order valence-electron chi connectivity index (χ2n) is 4.86. The Morgan fingerprint density at radius 3 is 2.72 bits per heavy atom. The summed E-state index contributed by atoms with van der Waals surface area (Å²) in [5.74, 6) is -0.00721. The van der Waals surface area contributed by atoms with Gasteiger partial charge in [0.1, 0.15) is 11.6 Å². The molecule has 1 aromatic carbocycles. The van der Waals surface area contributed by atoms with E-state index in [-0.39, 0.29) is 5.69 Å². The van der Waals surface area contributed by atoms with E-state index in [0.717, 1.165) is 25.7 Å². The van der Waals surface area contributed by atoms with E-state index in [9.17, 15) is 9.50 Å². The fourth-order valence-corrected chi connectivity index (χ4v) is 2.35. The van der Waals surface area contributed by atoms with Gasteiger partial charge in [0.15, 0.2) is 0 Å². The summed E-state index contributed by atoms with van der Waals surface area (Å²) in [7, 11) is 1.48. The second kappa shape index (κ2) is 5.02. The molecule has 0 spiro atoms. The number of ether oxygens (including phenoxy) is 1. The van der Waals surface area contributed by atoms with Crippen LogP contribution in [0.25, 0.3) is 0 Å². The Balaban J connectivity index is 2.09. The second-order valence-corrected chi connectivity index (χ2v) is 4.86. The Labute approximate surface area is 106 Å². The third-order valence-electron chi connectivity index (χ3n) is 3.46. The Bertz CT molecular complexity index is 431. The summed E-state index contributed by atoms with van der Waals surface area (Å²) < 4.78 is 18.7. The van der Waals surface area contributed by atoms with Gasteiger partial charge in [-0.15, -0.1) is 0 Å². The van der Waals surface area contributed by atoms with Crippen LogP contribution in [0.15, 0.2) is 12.1 Å². The quantitative estimate of drug-likeness (QED) is 0.720. The molecule has 0 heterocycles. The number of nitrogen functional groups attached to an aromatic ring is 1. The van der Waals surface area contributed by atoms with Gasteiger partial charge >= 0.3 is 0 Å². The molecule has 0 radical (unpaired) electrons. The van der Waals surface area contributed by atoms with Crippen LogP contribution in [0.3, 0.4) is 0 Å². The standard InChI is InChI=1S/C13H19FN2O2/c1-18-12-7-11(9(14)6-10(12)15)16-8-13(17)4-2-3-5-13/h6-7,16-17H,2-5,8,15H2,1H3. The first-order chi connectivity index (χ1) is 8.54. The lowest BCUT2D eigenvalue weighted by Gasteiger charge is -2.23. The van der Waals surface area contributed by atoms with Gasteiger partial charge in [0.25, 0.3) is 0 Å². The van der Waals surface area contributed by atoms with Crippen molar-refractivity contribution in [3.63, 3.8) is 0 Å².